The first kappa shape index (κ1) is 14.1. The SMILES string of the molecule is O=C1N=C(c2ccccc2OCC(F)(F)F)N=C2N=CN=C12. The van der Waals surface area contributed by atoms with Crippen LogP contribution < -0.4 is 4.74 Å². The maximum Gasteiger partial charge on any atom is 0.422 e. The van der Waals surface area contributed by atoms with Crippen molar-refractivity contribution in [2.24, 2.45) is 20.0 Å². The molecular weight excluding hydrogens is 301 g/mol. The standard InChI is InChI=1S/C13H7F3N4O2/c14-13(15,16)5-22-8-4-2-1-3-7(8)10-19-11-9(12(21)20-10)17-6-18-11/h1-4,6H,5H2. The van der Waals surface area contributed by atoms with E-state index in [2.05, 4.69) is 20.0 Å². The van der Waals surface area contributed by atoms with E-state index < -0.39 is 18.7 Å². The number of fused-ring (bicyclic) bond motifs is 1. The zero-order chi connectivity index (χ0) is 15.7. The highest BCUT2D eigenvalue weighted by atomic mass is 19.4. The van der Waals surface area contributed by atoms with Gasteiger partial charge in [-0.1, -0.05) is 12.1 Å². The predicted molar refractivity (Wildman–Crippen MR) is 72.9 cm³/mol. The number of nitrogens with zero attached hydrogens (tertiary/aromatic N) is 4. The summed E-state index contributed by atoms with van der Waals surface area (Å²) < 4.78 is 41.6. The number of hydrogen-bond acceptors (Lipinski definition) is 5. The van der Waals surface area contributed by atoms with Gasteiger partial charge in [0.1, 0.15) is 12.1 Å². The van der Waals surface area contributed by atoms with Gasteiger partial charge in [0.25, 0.3) is 0 Å². The molecule has 0 spiro atoms. The molecule has 0 aliphatic carbocycles. The number of halogens is 3. The molecule has 1 amide bonds. The van der Waals surface area contributed by atoms with E-state index in [0.717, 1.165) is 6.34 Å². The van der Waals surface area contributed by atoms with Crippen LogP contribution in [0.2, 0.25) is 0 Å². The molecule has 1 aromatic rings. The maximum atomic E-state index is 12.3. The highest BCUT2D eigenvalue weighted by molar-refractivity contribution is 6.71. The molecular formula is C13H7F3N4O2. The van der Waals surface area contributed by atoms with Crippen LogP contribution in [0.4, 0.5) is 13.2 Å². The van der Waals surface area contributed by atoms with Crippen LogP contribution in [0.15, 0.2) is 44.2 Å². The maximum absolute atomic E-state index is 12.3. The van der Waals surface area contributed by atoms with Crippen molar-refractivity contribution in [3.63, 3.8) is 0 Å². The fourth-order valence-electron chi connectivity index (χ4n) is 1.82. The van der Waals surface area contributed by atoms with Crippen molar-refractivity contribution >= 4 is 29.6 Å². The minimum Gasteiger partial charge on any atom is -0.483 e. The molecule has 0 saturated heterocycles. The molecule has 0 saturated carbocycles. The Bertz CT molecular complexity index is 763. The van der Waals surface area contributed by atoms with E-state index >= 15 is 0 Å². The zero-order valence-corrected chi connectivity index (χ0v) is 10.8. The summed E-state index contributed by atoms with van der Waals surface area (Å²) in [4.78, 5) is 27.0. The lowest BCUT2D eigenvalue weighted by Gasteiger charge is -2.14. The van der Waals surface area contributed by atoms with E-state index in [1.165, 1.54) is 18.2 Å². The summed E-state index contributed by atoms with van der Waals surface area (Å²) in [5, 5.41) is 0. The molecule has 0 unspecified atom stereocenters. The van der Waals surface area contributed by atoms with Crippen LogP contribution in [0, 0.1) is 0 Å². The Balaban J connectivity index is 1.94. The molecule has 2 aliphatic rings. The van der Waals surface area contributed by atoms with Crippen molar-refractivity contribution in [2.75, 3.05) is 6.61 Å². The Hall–Kier alpha value is -2.84. The van der Waals surface area contributed by atoms with Crippen LogP contribution in [-0.2, 0) is 4.79 Å². The molecule has 6 nitrogen and oxygen atoms in total. The molecule has 0 atom stereocenters. The predicted octanol–water partition coefficient (Wildman–Crippen LogP) is 1.80. The van der Waals surface area contributed by atoms with Crippen LogP contribution in [0.25, 0.3) is 0 Å². The van der Waals surface area contributed by atoms with Gasteiger partial charge in [0.05, 0.1) is 5.56 Å². The first-order chi connectivity index (χ1) is 10.4. The molecule has 1 aromatic carbocycles. The third-order valence-corrected chi connectivity index (χ3v) is 2.72. The summed E-state index contributed by atoms with van der Waals surface area (Å²) in [6.45, 7) is -1.45. The van der Waals surface area contributed by atoms with E-state index in [1.807, 2.05) is 0 Å². The highest BCUT2D eigenvalue weighted by Gasteiger charge is 2.30. The normalized spacial score (nSPS) is 16.9. The van der Waals surface area contributed by atoms with Crippen LogP contribution >= 0.6 is 0 Å². The van der Waals surface area contributed by atoms with Gasteiger partial charge in [0, 0.05) is 0 Å². The van der Waals surface area contributed by atoms with Crippen molar-refractivity contribution in [1.29, 1.82) is 0 Å². The van der Waals surface area contributed by atoms with Gasteiger partial charge in [0.2, 0.25) is 0 Å². The number of para-hydroxylation sites is 1. The number of benzene rings is 1. The van der Waals surface area contributed by atoms with E-state index in [-0.39, 0.29) is 28.7 Å². The molecule has 0 aromatic heterocycles. The van der Waals surface area contributed by atoms with Crippen molar-refractivity contribution in [3.8, 4) is 5.75 Å². The fraction of sp³-hybridized carbons (Fsp3) is 0.154. The number of amidine groups is 2. The number of rotatable bonds is 3. The zero-order valence-electron chi connectivity index (χ0n) is 10.8. The molecule has 3 rings (SSSR count). The summed E-state index contributed by atoms with van der Waals surface area (Å²) in [6.07, 6.45) is -3.31. The van der Waals surface area contributed by atoms with E-state index in [9.17, 15) is 18.0 Å². The number of carbonyl (C=O) groups excluding carboxylic acids is 1. The smallest absolute Gasteiger partial charge is 0.422 e. The number of carbonyl (C=O) groups is 1. The van der Waals surface area contributed by atoms with Gasteiger partial charge in [-0.3, -0.25) is 4.79 Å². The highest BCUT2D eigenvalue weighted by Crippen LogP contribution is 2.24. The molecule has 0 fully saturated rings. The van der Waals surface area contributed by atoms with Gasteiger partial charge >= 0.3 is 12.1 Å². The summed E-state index contributed by atoms with van der Waals surface area (Å²) in [7, 11) is 0. The van der Waals surface area contributed by atoms with Gasteiger partial charge < -0.3 is 4.74 Å². The Morgan fingerprint density at radius 1 is 1.09 bits per heavy atom. The number of ether oxygens (including phenoxy) is 1. The first-order valence-corrected chi connectivity index (χ1v) is 6.05. The number of hydrogen-bond donors (Lipinski definition) is 0. The Morgan fingerprint density at radius 3 is 2.64 bits per heavy atom. The van der Waals surface area contributed by atoms with Gasteiger partial charge in [-0.15, -0.1) is 0 Å². The average Bonchev–Trinajstić information content (AvgIpc) is 2.93. The quantitative estimate of drug-likeness (QED) is 0.853. The lowest BCUT2D eigenvalue weighted by molar-refractivity contribution is -0.153. The summed E-state index contributed by atoms with van der Waals surface area (Å²) in [5.74, 6) is -0.697. The van der Waals surface area contributed by atoms with Crippen molar-refractivity contribution in [2.45, 2.75) is 6.18 Å². The molecule has 2 heterocycles. The van der Waals surface area contributed by atoms with Gasteiger partial charge in [-0.25, -0.2) is 15.0 Å². The second kappa shape index (κ2) is 5.17. The lowest BCUT2D eigenvalue weighted by Crippen LogP contribution is -2.26. The number of amides is 1. The van der Waals surface area contributed by atoms with E-state index in [0.29, 0.717) is 0 Å². The number of alkyl halides is 3. The minimum absolute atomic E-state index is 0.0115. The van der Waals surface area contributed by atoms with Crippen molar-refractivity contribution < 1.29 is 22.7 Å². The van der Waals surface area contributed by atoms with E-state index in [4.69, 9.17) is 4.74 Å². The van der Waals surface area contributed by atoms with Crippen LogP contribution in [0.1, 0.15) is 5.56 Å². The van der Waals surface area contributed by atoms with Crippen LogP contribution in [0.5, 0.6) is 5.75 Å². The van der Waals surface area contributed by atoms with Gasteiger partial charge in [-0.2, -0.15) is 18.2 Å². The van der Waals surface area contributed by atoms with Crippen LogP contribution in [-0.4, -0.2) is 42.4 Å². The lowest BCUT2D eigenvalue weighted by atomic mass is 10.1. The fourth-order valence-corrected chi connectivity index (χ4v) is 1.82. The molecule has 112 valence electrons. The molecule has 0 radical (unpaired) electrons. The van der Waals surface area contributed by atoms with Gasteiger partial charge in [-0.05, 0) is 12.1 Å². The second-order valence-corrected chi connectivity index (χ2v) is 4.30. The largest absolute Gasteiger partial charge is 0.483 e. The van der Waals surface area contributed by atoms with E-state index in [1.54, 1.807) is 6.07 Å². The average molecular weight is 308 g/mol. The second-order valence-electron chi connectivity index (χ2n) is 4.30. The third kappa shape index (κ3) is 2.78. The molecule has 22 heavy (non-hydrogen) atoms. The topological polar surface area (TPSA) is 75.7 Å². The summed E-state index contributed by atoms with van der Waals surface area (Å²) in [5.41, 5.74) is 0.186. The van der Waals surface area contributed by atoms with Gasteiger partial charge in [0.15, 0.2) is 24.0 Å². The summed E-state index contributed by atoms with van der Waals surface area (Å²) >= 11 is 0. The van der Waals surface area contributed by atoms with Crippen molar-refractivity contribution in [1.82, 2.24) is 0 Å². The van der Waals surface area contributed by atoms with Crippen LogP contribution in [0.3, 0.4) is 0 Å². The molecule has 0 N–H and O–H groups in total. The monoisotopic (exact) mass is 308 g/mol. The third-order valence-electron chi connectivity index (χ3n) is 2.72. The number of aliphatic imine (C=N–C) groups is 4. The summed E-state index contributed by atoms with van der Waals surface area (Å²) in [6, 6.07) is 5.89. The Labute approximate surface area is 121 Å². The first-order valence-electron chi connectivity index (χ1n) is 6.05. The van der Waals surface area contributed by atoms with Crippen molar-refractivity contribution in [3.05, 3.63) is 29.8 Å². The minimum atomic E-state index is -4.47. The Kier molecular flexibility index (Phi) is 3.32. The molecule has 2 aliphatic heterocycles. The molecule has 9 heteroatoms. The molecule has 0 bridgehead atoms. The Morgan fingerprint density at radius 2 is 1.86 bits per heavy atom.